The van der Waals surface area contributed by atoms with Crippen LogP contribution in [0.15, 0.2) is 59.1 Å². The number of nitrogens with zero attached hydrogens (tertiary/aromatic N) is 2. The molecule has 3 amide bonds. The van der Waals surface area contributed by atoms with Crippen LogP contribution in [0.25, 0.3) is 11.3 Å². The zero-order valence-corrected chi connectivity index (χ0v) is 18.0. The van der Waals surface area contributed by atoms with Gasteiger partial charge in [-0.1, -0.05) is 35.5 Å². The zero-order chi connectivity index (χ0) is 23.3. The number of carbonyl (C=O) groups is 3. The number of carboxylic acid groups (broad SMARTS) is 1. The highest BCUT2D eigenvalue weighted by atomic mass is 16.5. The van der Waals surface area contributed by atoms with Crippen LogP contribution in [0.2, 0.25) is 0 Å². The van der Waals surface area contributed by atoms with Crippen molar-refractivity contribution in [2.45, 2.75) is 26.3 Å². The van der Waals surface area contributed by atoms with Crippen molar-refractivity contribution in [2.75, 3.05) is 17.7 Å². The van der Waals surface area contributed by atoms with Crippen LogP contribution in [-0.2, 0) is 4.79 Å². The van der Waals surface area contributed by atoms with E-state index in [0.29, 0.717) is 22.6 Å². The molecular weight excluding hydrogens is 412 g/mol. The Morgan fingerprint density at radius 3 is 2.56 bits per heavy atom. The average molecular weight is 436 g/mol. The number of amides is 3. The van der Waals surface area contributed by atoms with Gasteiger partial charge in [0.25, 0.3) is 5.91 Å². The molecule has 0 saturated heterocycles. The maximum Gasteiger partial charge on any atom is 0.323 e. The standard InChI is InChI=1S/C23H24N4O5/c1-14-7-4-5-10-18(14)25-23(31)24-17-9-6-8-16(12-17)19-13-20(32-26-19)22(30)27(3)15(2)11-21(28)29/h4-10,12-13,15H,11H2,1-3H3,(H,28,29)(H2,24,25,31). The molecule has 0 aliphatic carbocycles. The zero-order valence-electron chi connectivity index (χ0n) is 18.0. The molecule has 1 atom stereocenters. The lowest BCUT2D eigenvalue weighted by Gasteiger charge is -2.22. The summed E-state index contributed by atoms with van der Waals surface area (Å²) in [6.07, 6.45) is -0.179. The lowest BCUT2D eigenvalue weighted by Crippen LogP contribution is -2.36. The van der Waals surface area contributed by atoms with Gasteiger partial charge in [0.2, 0.25) is 5.76 Å². The molecule has 2 aromatic carbocycles. The summed E-state index contributed by atoms with van der Waals surface area (Å²) >= 11 is 0. The maximum absolute atomic E-state index is 12.6. The third kappa shape index (κ3) is 5.51. The highest BCUT2D eigenvalue weighted by Gasteiger charge is 2.23. The van der Waals surface area contributed by atoms with Crippen LogP contribution >= 0.6 is 0 Å². The third-order valence-corrected chi connectivity index (χ3v) is 4.98. The Morgan fingerprint density at radius 2 is 1.84 bits per heavy atom. The smallest absolute Gasteiger partial charge is 0.323 e. The van der Waals surface area contributed by atoms with E-state index in [4.69, 9.17) is 9.63 Å². The number of anilines is 2. The Hall–Kier alpha value is -4.14. The van der Waals surface area contributed by atoms with Crippen LogP contribution < -0.4 is 10.6 Å². The second kappa shape index (κ2) is 9.78. The van der Waals surface area contributed by atoms with Gasteiger partial charge in [0.15, 0.2) is 0 Å². The molecule has 3 N–H and O–H groups in total. The summed E-state index contributed by atoms with van der Waals surface area (Å²) in [6.45, 7) is 3.54. The van der Waals surface area contributed by atoms with Crippen LogP contribution in [0, 0.1) is 6.92 Å². The topological polar surface area (TPSA) is 125 Å². The number of hydrogen-bond donors (Lipinski definition) is 3. The van der Waals surface area contributed by atoms with Crippen LogP contribution in [0.4, 0.5) is 16.2 Å². The number of urea groups is 1. The minimum Gasteiger partial charge on any atom is -0.481 e. The average Bonchev–Trinajstić information content (AvgIpc) is 3.24. The number of para-hydroxylation sites is 1. The lowest BCUT2D eigenvalue weighted by atomic mass is 10.1. The van der Waals surface area contributed by atoms with Gasteiger partial charge in [0.05, 0.1) is 6.42 Å². The van der Waals surface area contributed by atoms with E-state index in [1.165, 1.54) is 18.0 Å². The van der Waals surface area contributed by atoms with Gasteiger partial charge in [-0.2, -0.15) is 0 Å². The van der Waals surface area contributed by atoms with E-state index in [0.717, 1.165) is 5.56 Å². The number of aromatic nitrogens is 1. The van der Waals surface area contributed by atoms with Gasteiger partial charge < -0.3 is 25.2 Å². The highest BCUT2D eigenvalue weighted by Crippen LogP contribution is 2.24. The molecule has 3 aromatic rings. The normalized spacial score (nSPS) is 11.5. The molecule has 0 aliphatic rings. The van der Waals surface area contributed by atoms with Crippen LogP contribution in [0.5, 0.6) is 0 Å². The monoisotopic (exact) mass is 436 g/mol. The number of aryl methyl sites for hydroxylation is 1. The van der Waals surface area contributed by atoms with Crippen molar-refractivity contribution >= 4 is 29.3 Å². The van der Waals surface area contributed by atoms with Crippen LogP contribution in [0.1, 0.15) is 29.5 Å². The van der Waals surface area contributed by atoms with E-state index in [9.17, 15) is 14.4 Å². The first-order valence-corrected chi connectivity index (χ1v) is 9.94. The molecule has 0 radical (unpaired) electrons. The van der Waals surface area contributed by atoms with E-state index >= 15 is 0 Å². The van der Waals surface area contributed by atoms with Gasteiger partial charge >= 0.3 is 12.0 Å². The number of carboxylic acids is 1. The predicted molar refractivity (Wildman–Crippen MR) is 120 cm³/mol. The van der Waals surface area contributed by atoms with E-state index in [1.807, 2.05) is 31.2 Å². The number of hydrogen-bond acceptors (Lipinski definition) is 5. The molecule has 1 aromatic heterocycles. The fourth-order valence-corrected chi connectivity index (χ4v) is 3.03. The van der Waals surface area contributed by atoms with Crippen molar-refractivity contribution in [3.05, 3.63) is 65.9 Å². The van der Waals surface area contributed by atoms with Crippen molar-refractivity contribution in [3.63, 3.8) is 0 Å². The largest absolute Gasteiger partial charge is 0.481 e. The molecular formula is C23H24N4O5. The van der Waals surface area contributed by atoms with Gasteiger partial charge in [-0.15, -0.1) is 0 Å². The molecule has 0 saturated carbocycles. The first-order valence-electron chi connectivity index (χ1n) is 9.94. The van der Waals surface area contributed by atoms with E-state index < -0.39 is 17.9 Å². The number of benzene rings is 2. The second-order valence-corrected chi connectivity index (χ2v) is 7.41. The van der Waals surface area contributed by atoms with Crippen molar-refractivity contribution in [3.8, 4) is 11.3 Å². The molecule has 0 spiro atoms. The Kier molecular flexibility index (Phi) is 6.89. The van der Waals surface area contributed by atoms with Crippen molar-refractivity contribution in [1.29, 1.82) is 0 Å². The summed E-state index contributed by atoms with van der Waals surface area (Å²) in [5, 5.41) is 18.4. The third-order valence-electron chi connectivity index (χ3n) is 4.98. The summed E-state index contributed by atoms with van der Waals surface area (Å²) in [6, 6.07) is 15.0. The van der Waals surface area contributed by atoms with E-state index in [-0.39, 0.29) is 18.2 Å². The Balaban J connectivity index is 1.70. The summed E-state index contributed by atoms with van der Waals surface area (Å²) in [5.74, 6) is -1.47. The number of nitrogens with one attached hydrogen (secondary N) is 2. The summed E-state index contributed by atoms with van der Waals surface area (Å²) in [7, 11) is 1.51. The molecule has 0 fully saturated rings. The summed E-state index contributed by atoms with van der Waals surface area (Å²) < 4.78 is 5.18. The van der Waals surface area contributed by atoms with Crippen molar-refractivity contribution in [1.82, 2.24) is 10.1 Å². The molecule has 166 valence electrons. The molecule has 1 heterocycles. The van der Waals surface area contributed by atoms with Gasteiger partial charge in [-0.3, -0.25) is 9.59 Å². The summed E-state index contributed by atoms with van der Waals surface area (Å²) in [5.41, 5.74) is 3.25. The highest BCUT2D eigenvalue weighted by molar-refractivity contribution is 6.00. The van der Waals surface area contributed by atoms with E-state index in [2.05, 4.69) is 15.8 Å². The van der Waals surface area contributed by atoms with Gasteiger partial charge in [0, 0.05) is 36.1 Å². The minimum absolute atomic E-state index is 0.00426. The minimum atomic E-state index is -0.994. The molecule has 3 rings (SSSR count). The predicted octanol–water partition coefficient (Wildman–Crippen LogP) is 4.23. The first kappa shape index (κ1) is 22.5. The molecule has 0 bridgehead atoms. The summed E-state index contributed by atoms with van der Waals surface area (Å²) in [4.78, 5) is 37.1. The molecule has 32 heavy (non-hydrogen) atoms. The first-order chi connectivity index (χ1) is 15.2. The fourth-order valence-electron chi connectivity index (χ4n) is 3.03. The maximum atomic E-state index is 12.6. The Bertz CT molecular complexity index is 1140. The quantitative estimate of drug-likeness (QED) is 0.509. The lowest BCUT2D eigenvalue weighted by molar-refractivity contribution is -0.137. The molecule has 1 unspecified atom stereocenters. The Morgan fingerprint density at radius 1 is 1.09 bits per heavy atom. The van der Waals surface area contributed by atoms with Crippen LogP contribution in [0.3, 0.4) is 0 Å². The van der Waals surface area contributed by atoms with Crippen molar-refractivity contribution in [2.24, 2.45) is 0 Å². The number of carbonyl (C=O) groups excluding carboxylic acids is 2. The van der Waals surface area contributed by atoms with Gasteiger partial charge in [-0.05, 0) is 37.6 Å². The second-order valence-electron chi connectivity index (χ2n) is 7.41. The van der Waals surface area contributed by atoms with E-state index in [1.54, 1.807) is 31.2 Å². The number of rotatable bonds is 7. The van der Waals surface area contributed by atoms with Gasteiger partial charge in [-0.25, -0.2) is 4.79 Å². The molecule has 0 aliphatic heterocycles. The van der Waals surface area contributed by atoms with Crippen LogP contribution in [-0.4, -0.2) is 46.2 Å². The van der Waals surface area contributed by atoms with Gasteiger partial charge in [0.1, 0.15) is 5.69 Å². The van der Waals surface area contributed by atoms with Crippen molar-refractivity contribution < 1.29 is 24.0 Å². The number of aliphatic carboxylic acids is 1. The fraction of sp³-hybridized carbons (Fsp3) is 0.217. The SMILES string of the molecule is Cc1ccccc1NC(=O)Nc1cccc(-c2cc(C(=O)N(C)C(C)CC(=O)O)on2)c1. The molecule has 9 heteroatoms. The Labute approximate surface area is 185 Å². The molecule has 9 nitrogen and oxygen atoms in total.